The number of fused-ring (bicyclic) bond motifs is 1. The molecule has 88 valence electrons. The third-order valence-electron chi connectivity index (χ3n) is 2.41. The second kappa shape index (κ2) is 3.82. The van der Waals surface area contributed by atoms with Gasteiger partial charge < -0.3 is 20.6 Å². The lowest BCUT2D eigenvalue weighted by Crippen LogP contribution is -2.10. The number of amides is 1. The molecule has 0 aliphatic rings. The quantitative estimate of drug-likeness (QED) is 0.667. The van der Waals surface area contributed by atoms with Crippen molar-refractivity contribution in [2.45, 2.75) is 0 Å². The number of esters is 1. The summed E-state index contributed by atoms with van der Waals surface area (Å²) in [6, 6.07) is 4.16. The molecular formula is C11H10N2O4. The van der Waals surface area contributed by atoms with E-state index >= 15 is 0 Å². The van der Waals surface area contributed by atoms with Crippen LogP contribution in [-0.2, 0) is 4.74 Å². The number of carbonyl (C=O) groups is 2. The van der Waals surface area contributed by atoms with Crippen LogP contribution in [0.25, 0.3) is 10.9 Å². The van der Waals surface area contributed by atoms with Crippen molar-refractivity contribution in [1.82, 2.24) is 4.98 Å². The molecule has 0 spiro atoms. The van der Waals surface area contributed by atoms with E-state index in [-0.39, 0.29) is 17.0 Å². The zero-order valence-corrected chi connectivity index (χ0v) is 8.98. The number of benzene rings is 1. The Morgan fingerprint density at radius 2 is 2.06 bits per heavy atom. The van der Waals surface area contributed by atoms with Gasteiger partial charge in [-0.1, -0.05) is 0 Å². The summed E-state index contributed by atoms with van der Waals surface area (Å²) in [6.45, 7) is 0. The summed E-state index contributed by atoms with van der Waals surface area (Å²) in [6.07, 6.45) is 0. The molecule has 0 saturated heterocycles. The number of nitrogens with two attached hydrogens (primary N) is 1. The van der Waals surface area contributed by atoms with E-state index in [0.717, 1.165) is 0 Å². The summed E-state index contributed by atoms with van der Waals surface area (Å²) in [7, 11) is 1.25. The highest BCUT2D eigenvalue weighted by atomic mass is 16.5. The molecule has 2 rings (SSSR count). The Morgan fingerprint density at radius 1 is 1.35 bits per heavy atom. The lowest BCUT2D eigenvalue weighted by atomic mass is 10.1. The van der Waals surface area contributed by atoms with E-state index in [4.69, 9.17) is 5.73 Å². The van der Waals surface area contributed by atoms with Crippen molar-refractivity contribution in [2.24, 2.45) is 5.73 Å². The summed E-state index contributed by atoms with van der Waals surface area (Å²) >= 11 is 0. The Labute approximate surface area is 96.0 Å². The largest absolute Gasteiger partial charge is 0.507 e. The Balaban J connectivity index is 2.64. The van der Waals surface area contributed by atoms with Gasteiger partial charge in [-0.15, -0.1) is 0 Å². The summed E-state index contributed by atoms with van der Waals surface area (Å²) in [5.74, 6) is -1.33. The number of phenols is 1. The summed E-state index contributed by atoms with van der Waals surface area (Å²) in [5.41, 5.74) is 5.91. The first-order chi connectivity index (χ1) is 8.02. The monoisotopic (exact) mass is 234 g/mol. The van der Waals surface area contributed by atoms with Crippen molar-refractivity contribution in [3.8, 4) is 5.75 Å². The second-order valence-electron chi connectivity index (χ2n) is 3.50. The molecule has 0 aliphatic heterocycles. The number of methoxy groups -OCH3 is 1. The Hall–Kier alpha value is -2.50. The summed E-state index contributed by atoms with van der Waals surface area (Å²) in [5, 5.41) is 10.1. The number of primary amides is 1. The molecule has 2 aromatic rings. The van der Waals surface area contributed by atoms with E-state index in [1.807, 2.05) is 0 Å². The number of phenolic OH excluding ortho intramolecular Hbond substituents is 1. The lowest BCUT2D eigenvalue weighted by Gasteiger charge is -1.98. The van der Waals surface area contributed by atoms with Gasteiger partial charge in [0.1, 0.15) is 11.4 Å². The van der Waals surface area contributed by atoms with E-state index in [1.54, 1.807) is 0 Å². The molecule has 0 unspecified atom stereocenters. The molecule has 0 saturated carbocycles. The number of H-pyrrole nitrogens is 1. The number of rotatable bonds is 2. The number of aromatic hydroxyl groups is 1. The maximum Gasteiger partial charge on any atom is 0.354 e. The van der Waals surface area contributed by atoms with Gasteiger partial charge in [-0.3, -0.25) is 4.79 Å². The zero-order chi connectivity index (χ0) is 12.6. The average Bonchev–Trinajstić information content (AvgIpc) is 2.72. The van der Waals surface area contributed by atoms with Crippen molar-refractivity contribution in [3.63, 3.8) is 0 Å². The maximum absolute atomic E-state index is 11.3. The van der Waals surface area contributed by atoms with Crippen molar-refractivity contribution >= 4 is 22.8 Å². The van der Waals surface area contributed by atoms with E-state index < -0.39 is 11.9 Å². The summed E-state index contributed by atoms with van der Waals surface area (Å²) < 4.78 is 4.54. The molecular weight excluding hydrogens is 224 g/mol. The van der Waals surface area contributed by atoms with E-state index in [0.29, 0.717) is 10.9 Å². The average molecular weight is 234 g/mol. The Kier molecular flexibility index (Phi) is 2.47. The first kappa shape index (κ1) is 11.0. The Morgan fingerprint density at radius 3 is 2.65 bits per heavy atom. The van der Waals surface area contributed by atoms with Crippen molar-refractivity contribution in [1.29, 1.82) is 0 Å². The number of ether oxygens (including phenoxy) is 1. The lowest BCUT2D eigenvalue weighted by molar-refractivity contribution is 0.0595. The molecule has 6 nitrogen and oxygen atoms in total. The van der Waals surface area contributed by atoms with Crippen molar-refractivity contribution in [3.05, 3.63) is 29.5 Å². The fourth-order valence-electron chi connectivity index (χ4n) is 1.58. The topological polar surface area (TPSA) is 105 Å². The van der Waals surface area contributed by atoms with Crippen LogP contribution in [0.2, 0.25) is 0 Å². The minimum Gasteiger partial charge on any atom is -0.507 e. The molecule has 1 aromatic carbocycles. The van der Waals surface area contributed by atoms with Crippen LogP contribution in [0.1, 0.15) is 20.8 Å². The summed E-state index contributed by atoms with van der Waals surface area (Å²) in [4.78, 5) is 25.0. The highest BCUT2D eigenvalue weighted by Gasteiger charge is 2.14. The van der Waals surface area contributed by atoms with Crippen LogP contribution in [0.3, 0.4) is 0 Å². The molecule has 1 aromatic heterocycles. The number of aromatic nitrogens is 1. The van der Waals surface area contributed by atoms with Crippen LogP contribution >= 0.6 is 0 Å². The van der Waals surface area contributed by atoms with Gasteiger partial charge in [-0.2, -0.15) is 0 Å². The molecule has 0 aliphatic carbocycles. The SMILES string of the molecule is COC(=O)c1cc2c(O)cc(C(N)=O)cc2[nH]1. The van der Waals surface area contributed by atoms with Gasteiger partial charge >= 0.3 is 5.97 Å². The zero-order valence-electron chi connectivity index (χ0n) is 8.98. The first-order valence-corrected chi connectivity index (χ1v) is 4.76. The number of carbonyl (C=O) groups excluding carboxylic acids is 2. The van der Waals surface area contributed by atoms with Gasteiger partial charge in [0.15, 0.2) is 0 Å². The number of aromatic amines is 1. The molecule has 0 atom stereocenters. The smallest absolute Gasteiger partial charge is 0.354 e. The molecule has 4 N–H and O–H groups in total. The molecule has 17 heavy (non-hydrogen) atoms. The minimum absolute atomic E-state index is 0.122. The first-order valence-electron chi connectivity index (χ1n) is 4.76. The third kappa shape index (κ3) is 1.80. The molecule has 6 heteroatoms. The van der Waals surface area contributed by atoms with Gasteiger partial charge in [-0.05, 0) is 18.2 Å². The number of hydrogen-bond acceptors (Lipinski definition) is 4. The highest BCUT2D eigenvalue weighted by molar-refractivity contribution is 6.02. The molecule has 0 radical (unpaired) electrons. The predicted molar refractivity (Wildman–Crippen MR) is 59.8 cm³/mol. The minimum atomic E-state index is -0.656. The van der Waals surface area contributed by atoms with E-state index in [1.165, 1.54) is 25.3 Å². The van der Waals surface area contributed by atoms with Crippen LogP contribution in [0.5, 0.6) is 5.75 Å². The normalized spacial score (nSPS) is 10.4. The number of nitrogens with one attached hydrogen (secondary N) is 1. The molecule has 1 amide bonds. The second-order valence-corrected chi connectivity index (χ2v) is 3.50. The van der Waals surface area contributed by atoms with Crippen molar-refractivity contribution in [2.75, 3.05) is 7.11 Å². The van der Waals surface area contributed by atoms with Crippen LogP contribution in [0, 0.1) is 0 Å². The van der Waals surface area contributed by atoms with Crippen LogP contribution in [0.4, 0.5) is 0 Å². The Bertz CT molecular complexity index is 615. The van der Waals surface area contributed by atoms with Gasteiger partial charge in [0.25, 0.3) is 0 Å². The van der Waals surface area contributed by atoms with E-state index in [2.05, 4.69) is 9.72 Å². The van der Waals surface area contributed by atoms with Gasteiger partial charge in [0.2, 0.25) is 5.91 Å². The molecule has 1 heterocycles. The predicted octanol–water partition coefficient (Wildman–Crippen LogP) is 0.759. The van der Waals surface area contributed by atoms with Gasteiger partial charge in [-0.25, -0.2) is 4.79 Å². The standard InChI is InChI=1S/C11H10N2O4/c1-17-11(16)8-4-6-7(13-8)2-5(10(12)15)3-9(6)14/h2-4,13-14H,1H3,(H2,12,15). The van der Waals surface area contributed by atoms with Gasteiger partial charge in [0, 0.05) is 10.9 Å². The van der Waals surface area contributed by atoms with Crippen LogP contribution in [0.15, 0.2) is 18.2 Å². The fourth-order valence-corrected chi connectivity index (χ4v) is 1.58. The van der Waals surface area contributed by atoms with Crippen molar-refractivity contribution < 1.29 is 19.4 Å². The van der Waals surface area contributed by atoms with Crippen LogP contribution < -0.4 is 5.73 Å². The molecule has 0 bridgehead atoms. The van der Waals surface area contributed by atoms with Gasteiger partial charge in [0.05, 0.1) is 12.6 Å². The maximum atomic E-state index is 11.3. The third-order valence-corrected chi connectivity index (χ3v) is 2.41. The van der Waals surface area contributed by atoms with E-state index in [9.17, 15) is 14.7 Å². The highest BCUT2D eigenvalue weighted by Crippen LogP contribution is 2.27. The number of hydrogen-bond donors (Lipinski definition) is 3. The van der Waals surface area contributed by atoms with Crippen LogP contribution in [-0.4, -0.2) is 29.1 Å². The fraction of sp³-hybridized carbons (Fsp3) is 0.0909. The molecule has 0 fully saturated rings.